The number of amides is 2. The molecule has 2 heterocycles. The molecule has 198 valence electrons. The number of halogens is 1. The zero-order valence-electron chi connectivity index (χ0n) is 22.5. The Bertz CT molecular complexity index is 1300. The molecular formula is C28H37FN6O2. The Balaban J connectivity index is 1.54. The number of nitrogens with one attached hydrogen (secondary N) is 1. The molecule has 1 N–H and O–H groups in total. The first kappa shape index (κ1) is 26.6. The molecule has 2 aromatic carbocycles. The van der Waals surface area contributed by atoms with Gasteiger partial charge in [0.05, 0.1) is 18.6 Å². The SMILES string of the molecule is CCCCCNC(=O)CN(CC(=O)N(C)N1Cc2ccc(F)cc2C1)c1cc2nn(C)c(C)c2cc1C. The average molecular weight is 509 g/mol. The van der Waals surface area contributed by atoms with E-state index in [9.17, 15) is 14.0 Å². The van der Waals surface area contributed by atoms with E-state index in [1.165, 1.54) is 12.1 Å². The van der Waals surface area contributed by atoms with Gasteiger partial charge in [-0.15, -0.1) is 0 Å². The van der Waals surface area contributed by atoms with Gasteiger partial charge < -0.3 is 10.2 Å². The van der Waals surface area contributed by atoms with Crippen LogP contribution in [-0.2, 0) is 29.7 Å². The number of carbonyl (C=O) groups excluding carboxylic acids is 2. The van der Waals surface area contributed by atoms with Crippen molar-refractivity contribution in [2.45, 2.75) is 53.1 Å². The fraction of sp³-hybridized carbons (Fsp3) is 0.464. The van der Waals surface area contributed by atoms with E-state index in [1.54, 1.807) is 18.1 Å². The fourth-order valence-corrected chi connectivity index (χ4v) is 4.85. The normalized spacial score (nSPS) is 13.1. The number of anilines is 1. The lowest BCUT2D eigenvalue weighted by atomic mass is 10.1. The van der Waals surface area contributed by atoms with Gasteiger partial charge in [-0.25, -0.2) is 9.40 Å². The molecule has 8 nitrogen and oxygen atoms in total. The standard InChI is InChI=1S/C28H37FN6O2/c1-6-7-8-11-30-27(36)17-34(26-14-25-24(12-19(26)2)20(3)32(4)31-25)18-28(37)33(5)35-15-21-9-10-23(29)13-22(21)16-35/h9-10,12-14H,6-8,11,15-18H2,1-5H3,(H,30,36). The van der Waals surface area contributed by atoms with Crippen LogP contribution in [0.2, 0.25) is 0 Å². The summed E-state index contributed by atoms with van der Waals surface area (Å²) >= 11 is 0. The number of unbranched alkanes of at least 4 members (excludes halogenated alkanes) is 2. The summed E-state index contributed by atoms with van der Waals surface area (Å²) in [5, 5.41) is 12.1. The van der Waals surface area contributed by atoms with Crippen LogP contribution >= 0.6 is 0 Å². The third kappa shape index (κ3) is 5.93. The van der Waals surface area contributed by atoms with Crippen LogP contribution in [0, 0.1) is 19.7 Å². The van der Waals surface area contributed by atoms with Crippen LogP contribution in [-0.4, -0.2) is 58.3 Å². The van der Waals surface area contributed by atoms with Crippen molar-refractivity contribution in [1.82, 2.24) is 25.1 Å². The number of aryl methyl sites for hydroxylation is 3. The van der Waals surface area contributed by atoms with Crippen molar-refractivity contribution in [1.29, 1.82) is 0 Å². The molecule has 0 saturated carbocycles. The van der Waals surface area contributed by atoms with Crippen molar-refractivity contribution >= 4 is 28.4 Å². The second kappa shape index (κ2) is 11.3. The predicted molar refractivity (Wildman–Crippen MR) is 143 cm³/mol. The number of rotatable bonds is 10. The summed E-state index contributed by atoms with van der Waals surface area (Å²) in [6.07, 6.45) is 3.07. The molecule has 2 amide bonds. The third-order valence-electron chi connectivity index (χ3n) is 7.21. The van der Waals surface area contributed by atoms with Crippen molar-refractivity contribution in [3.05, 3.63) is 58.5 Å². The van der Waals surface area contributed by atoms with Gasteiger partial charge >= 0.3 is 0 Å². The number of nitrogens with zero attached hydrogens (tertiary/aromatic N) is 5. The summed E-state index contributed by atoms with van der Waals surface area (Å²) < 4.78 is 15.5. The average Bonchev–Trinajstić information content (AvgIpc) is 3.40. The molecule has 0 bridgehead atoms. The molecule has 0 unspecified atom stereocenters. The number of carbonyl (C=O) groups is 2. The van der Waals surface area contributed by atoms with E-state index in [4.69, 9.17) is 0 Å². The molecule has 1 aliphatic heterocycles. The lowest BCUT2D eigenvalue weighted by Gasteiger charge is -2.32. The summed E-state index contributed by atoms with van der Waals surface area (Å²) in [5.41, 5.74) is 5.56. The maximum Gasteiger partial charge on any atom is 0.256 e. The lowest BCUT2D eigenvalue weighted by molar-refractivity contribution is -0.145. The molecule has 9 heteroatoms. The highest BCUT2D eigenvalue weighted by Crippen LogP contribution is 2.29. The Morgan fingerprint density at radius 2 is 1.84 bits per heavy atom. The Morgan fingerprint density at radius 3 is 2.59 bits per heavy atom. The van der Waals surface area contributed by atoms with E-state index in [0.717, 1.165) is 58.2 Å². The minimum atomic E-state index is -0.277. The summed E-state index contributed by atoms with van der Waals surface area (Å²) in [6, 6.07) is 8.77. The molecule has 37 heavy (non-hydrogen) atoms. The molecule has 1 aliphatic rings. The van der Waals surface area contributed by atoms with E-state index in [0.29, 0.717) is 19.6 Å². The highest BCUT2D eigenvalue weighted by Gasteiger charge is 2.27. The molecule has 1 aromatic heterocycles. The van der Waals surface area contributed by atoms with Crippen LogP contribution in [0.3, 0.4) is 0 Å². The van der Waals surface area contributed by atoms with Gasteiger partial charge in [-0.1, -0.05) is 25.8 Å². The topological polar surface area (TPSA) is 73.7 Å². The van der Waals surface area contributed by atoms with Crippen LogP contribution < -0.4 is 10.2 Å². The van der Waals surface area contributed by atoms with Crippen molar-refractivity contribution in [3.8, 4) is 0 Å². The van der Waals surface area contributed by atoms with E-state index in [-0.39, 0.29) is 30.7 Å². The third-order valence-corrected chi connectivity index (χ3v) is 7.21. The minimum Gasteiger partial charge on any atom is -0.355 e. The quantitative estimate of drug-likeness (QED) is 0.422. The van der Waals surface area contributed by atoms with Gasteiger partial charge in [0.25, 0.3) is 5.91 Å². The van der Waals surface area contributed by atoms with E-state index >= 15 is 0 Å². The number of benzene rings is 2. The maximum atomic E-state index is 13.7. The second-order valence-corrected chi connectivity index (χ2v) is 9.93. The molecule has 0 fully saturated rings. The highest BCUT2D eigenvalue weighted by atomic mass is 19.1. The van der Waals surface area contributed by atoms with Gasteiger partial charge in [-0.3, -0.25) is 19.3 Å². The Labute approximate surface area is 218 Å². The number of likely N-dealkylation sites (N-methyl/N-ethyl adjacent to an activating group) is 1. The largest absolute Gasteiger partial charge is 0.355 e. The molecule has 0 atom stereocenters. The van der Waals surface area contributed by atoms with E-state index in [1.807, 2.05) is 41.6 Å². The number of hydrazine groups is 1. The molecular weight excluding hydrogens is 471 g/mol. The maximum absolute atomic E-state index is 13.7. The highest BCUT2D eigenvalue weighted by molar-refractivity contribution is 5.91. The van der Waals surface area contributed by atoms with Gasteiger partial charge in [0.2, 0.25) is 5.91 Å². The van der Waals surface area contributed by atoms with Gasteiger partial charge in [-0.05, 0) is 61.2 Å². The van der Waals surface area contributed by atoms with Crippen molar-refractivity contribution < 1.29 is 14.0 Å². The van der Waals surface area contributed by atoms with Crippen LogP contribution in [0.1, 0.15) is 48.6 Å². The number of fused-ring (bicyclic) bond motifs is 2. The van der Waals surface area contributed by atoms with Gasteiger partial charge in [0, 0.05) is 50.5 Å². The zero-order chi connectivity index (χ0) is 26.7. The fourth-order valence-electron chi connectivity index (χ4n) is 4.85. The summed E-state index contributed by atoms with van der Waals surface area (Å²) in [5.74, 6) is -0.544. The first-order chi connectivity index (χ1) is 17.7. The summed E-state index contributed by atoms with van der Waals surface area (Å²) in [6.45, 7) is 7.85. The summed E-state index contributed by atoms with van der Waals surface area (Å²) in [7, 11) is 3.63. The van der Waals surface area contributed by atoms with Crippen molar-refractivity contribution in [2.75, 3.05) is 31.6 Å². The van der Waals surface area contributed by atoms with E-state index in [2.05, 4.69) is 23.4 Å². The van der Waals surface area contributed by atoms with Gasteiger partial charge in [0.1, 0.15) is 5.82 Å². The number of hydrogen-bond acceptors (Lipinski definition) is 5. The minimum absolute atomic E-state index is 0.0260. The van der Waals surface area contributed by atoms with E-state index < -0.39 is 0 Å². The molecule has 4 rings (SSSR count). The first-order valence-electron chi connectivity index (χ1n) is 12.9. The predicted octanol–water partition coefficient (Wildman–Crippen LogP) is 3.83. The van der Waals surface area contributed by atoms with Crippen LogP contribution in [0.25, 0.3) is 10.9 Å². The van der Waals surface area contributed by atoms with Crippen molar-refractivity contribution in [3.63, 3.8) is 0 Å². The second-order valence-electron chi connectivity index (χ2n) is 9.93. The molecule has 0 spiro atoms. The lowest BCUT2D eigenvalue weighted by Crippen LogP contribution is -2.48. The summed E-state index contributed by atoms with van der Waals surface area (Å²) in [4.78, 5) is 28.2. The Morgan fingerprint density at radius 1 is 1.08 bits per heavy atom. The van der Waals surface area contributed by atoms with Crippen LogP contribution in [0.5, 0.6) is 0 Å². The molecule has 0 aliphatic carbocycles. The Kier molecular flexibility index (Phi) is 8.12. The smallest absolute Gasteiger partial charge is 0.256 e. The molecule has 0 saturated heterocycles. The molecule has 3 aromatic rings. The monoisotopic (exact) mass is 508 g/mol. The first-order valence-corrected chi connectivity index (χ1v) is 12.9. The van der Waals surface area contributed by atoms with Crippen LogP contribution in [0.15, 0.2) is 30.3 Å². The Hall–Kier alpha value is -3.46. The van der Waals surface area contributed by atoms with Crippen LogP contribution in [0.4, 0.5) is 10.1 Å². The van der Waals surface area contributed by atoms with Gasteiger partial charge in [0.15, 0.2) is 0 Å². The van der Waals surface area contributed by atoms with Gasteiger partial charge in [-0.2, -0.15) is 5.10 Å². The number of hydrogen-bond donors (Lipinski definition) is 1. The molecule has 0 radical (unpaired) electrons. The number of aromatic nitrogens is 2. The van der Waals surface area contributed by atoms with Crippen molar-refractivity contribution in [2.24, 2.45) is 7.05 Å². The zero-order valence-corrected chi connectivity index (χ0v) is 22.5.